The summed E-state index contributed by atoms with van der Waals surface area (Å²) >= 11 is 0. The van der Waals surface area contributed by atoms with Gasteiger partial charge in [0.05, 0.1) is 17.1 Å². The lowest BCUT2D eigenvalue weighted by Crippen LogP contribution is -2.10. The number of aliphatic hydroxyl groups excluding tert-OH is 1. The molecule has 0 heterocycles. The van der Waals surface area contributed by atoms with Crippen LogP contribution in [-0.2, 0) is 0 Å². The molecule has 5 nitrogen and oxygen atoms in total. The van der Waals surface area contributed by atoms with Gasteiger partial charge >= 0.3 is 0 Å². The zero-order valence-electron chi connectivity index (χ0n) is 10.7. The molecule has 2 aromatic rings. The number of non-ortho nitro benzene ring substituents is 1. The van der Waals surface area contributed by atoms with Gasteiger partial charge in [-0.05, 0) is 17.7 Å². The highest BCUT2D eigenvalue weighted by molar-refractivity contribution is 5.39. The molecule has 0 aliphatic carbocycles. The van der Waals surface area contributed by atoms with E-state index in [0.29, 0.717) is 5.56 Å². The predicted molar refractivity (Wildman–Crippen MR) is 69.9 cm³/mol. The van der Waals surface area contributed by atoms with Crippen LogP contribution in [0.25, 0.3) is 0 Å². The summed E-state index contributed by atoms with van der Waals surface area (Å²) in [4.78, 5) is 9.85. The first kappa shape index (κ1) is 14.9. The van der Waals surface area contributed by atoms with Crippen LogP contribution in [-0.4, -0.2) is 16.6 Å². The second-order valence-electron chi connectivity index (χ2n) is 4.28. The highest BCUT2D eigenvalue weighted by atomic mass is 19.1. The van der Waals surface area contributed by atoms with Crippen LogP contribution in [0.2, 0.25) is 0 Å². The van der Waals surface area contributed by atoms with E-state index in [1.807, 2.05) is 0 Å². The standard InChI is InChI=1S/C14H11F2NO4/c15-10-3-1-9(2-4-10)14(18)8-21-13-6-11(16)5-12(7-13)17(19)20/h1-7,14,18H,8H2. The Morgan fingerprint density at radius 2 is 1.81 bits per heavy atom. The molecule has 0 aliphatic heterocycles. The Morgan fingerprint density at radius 1 is 1.14 bits per heavy atom. The number of ether oxygens (including phenoxy) is 1. The van der Waals surface area contributed by atoms with Gasteiger partial charge in [0.2, 0.25) is 0 Å². The summed E-state index contributed by atoms with van der Waals surface area (Å²) in [5, 5.41) is 20.4. The van der Waals surface area contributed by atoms with Crippen molar-refractivity contribution < 1.29 is 23.5 Å². The Balaban J connectivity index is 2.05. The van der Waals surface area contributed by atoms with E-state index in [2.05, 4.69) is 0 Å². The number of benzene rings is 2. The molecule has 7 heteroatoms. The second-order valence-corrected chi connectivity index (χ2v) is 4.28. The molecule has 110 valence electrons. The van der Waals surface area contributed by atoms with E-state index in [1.165, 1.54) is 24.3 Å². The van der Waals surface area contributed by atoms with E-state index >= 15 is 0 Å². The number of aliphatic hydroxyl groups is 1. The maximum absolute atomic E-state index is 13.2. The zero-order valence-corrected chi connectivity index (χ0v) is 10.7. The summed E-state index contributed by atoms with van der Waals surface area (Å²) in [6.07, 6.45) is -1.06. The third kappa shape index (κ3) is 3.96. The maximum atomic E-state index is 13.2. The van der Waals surface area contributed by atoms with Gasteiger partial charge in [0, 0.05) is 6.07 Å². The molecule has 2 rings (SSSR count). The van der Waals surface area contributed by atoms with Crippen molar-refractivity contribution in [2.45, 2.75) is 6.10 Å². The van der Waals surface area contributed by atoms with Crippen molar-refractivity contribution in [2.75, 3.05) is 6.61 Å². The fourth-order valence-electron chi connectivity index (χ4n) is 1.69. The Morgan fingerprint density at radius 3 is 2.43 bits per heavy atom. The molecular formula is C14H11F2NO4. The molecule has 0 saturated carbocycles. The Kier molecular flexibility index (Phi) is 4.44. The van der Waals surface area contributed by atoms with E-state index in [9.17, 15) is 24.0 Å². The molecule has 0 saturated heterocycles. The van der Waals surface area contributed by atoms with E-state index in [1.54, 1.807) is 0 Å². The molecule has 0 fully saturated rings. The lowest BCUT2D eigenvalue weighted by molar-refractivity contribution is -0.385. The van der Waals surface area contributed by atoms with Crippen LogP contribution in [0.3, 0.4) is 0 Å². The normalized spacial score (nSPS) is 12.0. The number of hydrogen-bond donors (Lipinski definition) is 1. The average molecular weight is 295 g/mol. The van der Waals surface area contributed by atoms with E-state index < -0.39 is 28.3 Å². The van der Waals surface area contributed by atoms with Crippen molar-refractivity contribution in [1.82, 2.24) is 0 Å². The number of nitro benzene ring substituents is 1. The number of hydrogen-bond acceptors (Lipinski definition) is 4. The average Bonchev–Trinajstić information content (AvgIpc) is 2.45. The highest BCUT2D eigenvalue weighted by Gasteiger charge is 2.13. The summed E-state index contributed by atoms with van der Waals surface area (Å²) in [6, 6.07) is 7.94. The molecule has 0 bridgehead atoms. The van der Waals surface area contributed by atoms with Crippen LogP contribution >= 0.6 is 0 Å². The van der Waals surface area contributed by atoms with Gasteiger partial charge in [0.15, 0.2) is 0 Å². The van der Waals surface area contributed by atoms with Gasteiger partial charge in [-0.2, -0.15) is 0 Å². The molecule has 0 spiro atoms. The Hall–Kier alpha value is -2.54. The van der Waals surface area contributed by atoms with Crippen LogP contribution in [0.1, 0.15) is 11.7 Å². The zero-order chi connectivity index (χ0) is 15.4. The molecule has 1 N–H and O–H groups in total. The fourth-order valence-corrected chi connectivity index (χ4v) is 1.69. The molecule has 1 atom stereocenters. The first-order valence-corrected chi connectivity index (χ1v) is 5.97. The minimum Gasteiger partial charge on any atom is -0.490 e. The van der Waals surface area contributed by atoms with Gasteiger partial charge in [0.1, 0.15) is 30.1 Å². The molecule has 0 radical (unpaired) electrons. The lowest BCUT2D eigenvalue weighted by atomic mass is 10.1. The van der Waals surface area contributed by atoms with Crippen molar-refractivity contribution in [3.63, 3.8) is 0 Å². The number of halogens is 2. The van der Waals surface area contributed by atoms with Crippen molar-refractivity contribution in [1.29, 1.82) is 0 Å². The summed E-state index contributed by atoms with van der Waals surface area (Å²) in [7, 11) is 0. The Bertz CT molecular complexity index is 646. The van der Waals surface area contributed by atoms with E-state index in [-0.39, 0.29) is 12.4 Å². The minimum absolute atomic E-state index is 0.0668. The molecule has 1 unspecified atom stereocenters. The van der Waals surface area contributed by atoms with Crippen LogP contribution in [0, 0.1) is 21.7 Å². The monoisotopic (exact) mass is 295 g/mol. The topological polar surface area (TPSA) is 72.6 Å². The fraction of sp³-hybridized carbons (Fsp3) is 0.143. The first-order valence-electron chi connectivity index (χ1n) is 5.97. The van der Waals surface area contributed by atoms with Crippen LogP contribution in [0.5, 0.6) is 5.75 Å². The van der Waals surface area contributed by atoms with Crippen molar-refractivity contribution >= 4 is 5.69 Å². The van der Waals surface area contributed by atoms with E-state index in [0.717, 1.165) is 18.2 Å². The third-order valence-corrected chi connectivity index (χ3v) is 2.73. The van der Waals surface area contributed by atoms with Gasteiger partial charge < -0.3 is 9.84 Å². The molecule has 2 aromatic carbocycles. The third-order valence-electron chi connectivity index (χ3n) is 2.73. The van der Waals surface area contributed by atoms with Gasteiger partial charge in [-0.1, -0.05) is 12.1 Å². The molecule has 0 aliphatic rings. The number of rotatable bonds is 5. The van der Waals surface area contributed by atoms with E-state index in [4.69, 9.17) is 4.74 Å². The highest BCUT2D eigenvalue weighted by Crippen LogP contribution is 2.23. The number of nitrogens with zero attached hydrogens (tertiary/aromatic N) is 1. The van der Waals surface area contributed by atoms with Gasteiger partial charge in [0.25, 0.3) is 5.69 Å². The second kappa shape index (κ2) is 6.27. The molecule has 0 aromatic heterocycles. The van der Waals surface area contributed by atoms with Crippen molar-refractivity contribution in [3.05, 3.63) is 69.8 Å². The summed E-state index contributed by atoms with van der Waals surface area (Å²) in [6.45, 7) is -0.244. The maximum Gasteiger partial charge on any atom is 0.276 e. The summed E-state index contributed by atoms with van der Waals surface area (Å²) < 4.78 is 31.1. The SMILES string of the molecule is O=[N+]([O-])c1cc(F)cc(OCC(O)c2ccc(F)cc2)c1. The quantitative estimate of drug-likeness (QED) is 0.680. The summed E-state index contributed by atoms with van der Waals surface area (Å²) in [5.41, 5.74) is -0.0245. The van der Waals surface area contributed by atoms with Gasteiger partial charge in [-0.3, -0.25) is 10.1 Å². The molecule has 0 amide bonds. The van der Waals surface area contributed by atoms with Gasteiger partial charge in [-0.15, -0.1) is 0 Å². The number of nitro groups is 1. The van der Waals surface area contributed by atoms with Crippen LogP contribution in [0.15, 0.2) is 42.5 Å². The largest absolute Gasteiger partial charge is 0.490 e. The van der Waals surface area contributed by atoms with Crippen molar-refractivity contribution in [3.8, 4) is 5.75 Å². The lowest BCUT2D eigenvalue weighted by Gasteiger charge is -2.12. The molecule has 21 heavy (non-hydrogen) atoms. The van der Waals surface area contributed by atoms with Crippen LogP contribution in [0.4, 0.5) is 14.5 Å². The Labute approximate surface area is 118 Å². The first-order chi connectivity index (χ1) is 9.95. The minimum atomic E-state index is -1.06. The molecular weight excluding hydrogens is 284 g/mol. The summed E-state index contributed by atoms with van der Waals surface area (Å²) in [5.74, 6) is -1.31. The van der Waals surface area contributed by atoms with Crippen LogP contribution < -0.4 is 4.74 Å². The smallest absolute Gasteiger partial charge is 0.276 e. The van der Waals surface area contributed by atoms with Gasteiger partial charge in [-0.25, -0.2) is 8.78 Å². The van der Waals surface area contributed by atoms with Crippen molar-refractivity contribution in [2.24, 2.45) is 0 Å². The predicted octanol–water partition coefficient (Wildman–Crippen LogP) is 2.99.